The molecule has 0 heterocycles. The molecule has 17 heavy (non-hydrogen) atoms. The lowest BCUT2D eigenvalue weighted by Crippen LogP contribution is -2.56. The number of hydrogen-bond donors (Lipinski definition) is 0. The summed E-state index contributed by atoms with van der Waals surface area (Å²) in [5.41, 5.74) is -0.255. The van der Waals surface area contributed by atoms with Gasteiger partial charge < -0.3 is 4.74 Å². The third-order valence-corrected chi connectivity index (χ3v) is 4.57. The van der Waals surface area contributed by atoms with Crippen LogP contribution in [0.25, 0.3) is 0 Å². The molecule has 0 aliphatic heterocycles. The molecule has 2 nitrogen and oxygen atoms in total. The maximum atomic E-state index is 11.8. The minimum atomic E-state index is -0.255. The van der Waals surface area contributed by atoms with Crippen molar-refractivity contribution >= 4 is 21.7 Å². The van der Waals surface area contributed by atoms with Crippen LogP contribution in [-0.4, -0.2) is 11.9 Å². The molecule has 1 unspecified atom stereocenters. The van der Waals surface area contributed by atoms with Crippen LogP contribution in [0.5, 0.6) is 5.75 Å². The smallest absolute Gasteiger partial charge is 0.146 e. The van der Waals surface area contributed by atoms with Crippen molar-refractivity contribution in [2.45, 2.75) is 39.2 Å². The molecule has 92 valence electrons. The standard InChI is InChI=1S/C14H17BrO2/c1-3-14(4-2)12(16)9-13(14)17-11-8-6-5-7-10(11)15/h5-8,13H,3-4,9H2,1-2H3. The molecular weight excluding hydrogens is 280 g/mol. The lowest BCUT2D eigenvalue weighted by atomic mass is 9.61. The normalized spacial score (nSPS) is 22.1. The molecule has 0 radical (unpaired) electrons. The van der Waals surface area contributed by atoms with Crippen LogP contribution in [0, 0.1) is 5.41 Å². The van der Waals surface area contributed by atoms with Crippen LogP contribution in [0.2, 0.25) is 0 Å². The Morgan fingerprint density at radius 2 is 2.00 bits per heavy atom. The van der Waals surface area contributed by atoms with Crippen LogP contribution >= 0.6 is 15.9 Å². The topological polar surface area (TPSA) is 26.3 Å². The molecule has 1 aromatic rings. The summed E-state index contributed by atoms with van der Waals surface area (Å²) in [5, 5.41) is 0. The monoisotopic (exact) mass is 296 g/mol. The predicted octanol–water partition coefficient (Wildman–Crippen LogP) is 3.98. The maximum absolute atomic E-state index is 11.8. The molecule has 1 saturated carbocycles. The van der Waals surface area contributed by atoms with Gasteiger partial charge >= 0.3 is 0 Å². The Morgan fingerprint density at radius 3 is 2.53 bits per heavy atom. The molecule has 1 aromatic carbocycles. The molecule has 1 aliphatic rings. The van der Waals surface area contributed by atoms with E-state index in [4.69, 9.17) is 4.74 Å². The summed E-state index contributed by atoms with van der Waals surface area (Å²) in [6.07, 6.45) is 2.29. The van der Waals surface area contributed by atoms with Crippen molar-refractivity contribution in [1.82, 2.24) is 0 Å². The molecule has 1 aliphatic carbocycles. The Balaban J connectivity index is 2.16. The summed E-state index contributed by atoms with van der Waals surface area (Å²) >= 11 is 3.46. The van der Waals surface area contributed by atoms with Crippen LogP contribution in [0.15, 0.2) is 28.7 Å². The van der Waals surface area contributed by atoms with E-state index in [1.54, 1.807) is 0 Å². The number of carbonyl (C=O) groups excluding carboxylic acids is 1. The van der Waals surface area contributed by atoms with E-state index in [1.807, 2.05) is 24.3 Å². The highest BCUT2D eigenvalue weighted by Crippen LogP contribution is 2.46. The molecule has 0 N–H and O–H groups in total. The zero-order valence-electron chi connectivity index (χ0n) is 10.2. The molecule has 1 atom stereocenters. The number of Topliss-reactive ketones (excluding diaryl/α,β-unsaturated/α-hetero) is 1. The first kappa shape index (κ1) is 12.6. The third kappa shape index (κ3) is 2.01. The van der Waals surface area contributed by atoms with E-state index in [0.29, 0.717) is 12.2 Å². The molecule has 0 amide bonds. The third-order valence-electron chi connectivity index (χ3n) is 3.91. The summed E-state index contributed by atoms with van der Waals surface area (Å²) in [7, 11) is 0. The van der Waals surface area contributed by atoms with E-state index in [-0.39, 0.29) is 11.5 Å². The Kier molecular flexibility index (Phi) is 3.57. The lowest BCUT2D eigenvalue weighted by Gasteiger charge is -2.46. The molecular formula is C14H17BrO2. The zero-order chi connectivity index (χ0) is 12.5. The van der Waals surface area contributed by atoms with Gasteiger partial charge in [-0.05, 0) is 40.9 Å². The molecule has 0 spiro atoms. The largest absolute Gasteiger partial charge is 0.488 e. The Hall–Kier alpha value is -0.830. The molecule has 0 saturated heterocycles. The highest BCUT2D eigenvalue weighted by molar-refractivity contribution is 9.10. The van der Waals surface area contributed by atoms with Gasteiger partial charge in [-0.2, -0.15) is 0 Å². The number of rotatable bonds is 4. The van der Waals surface area contributed by atoms with Crippen molar-refractivity contribution in [3.63, 3.8) is 0 Å². The first-order chi connectivity index (χ1) is 8.14. The summed E-state index contributed by atoms with van der Waals surface area (Å²) in [5.74, 6) is 1.18. The van der Waals surface area contributed by atoms with Gasteiger partial charge in [0.05, 0.1) is 9.89 Å². The van der Waals surface area contributed by atoms with Crippen LogP contribution in [0.4, 0.5) is 0 Å². The van der Waals surface area contributed by atoms with E-state index in [0.717, 1.165) is 23.1 Å². The number of para-hydroxylation sites is 1. The lowest BCUT2D eigenvalue weighted by molar-refractivity contribution is -0.153. The summed E-state index contributed by atoms with van der Waals surface area (Å²) < 4.78 is 6.93. The van der Waals surface area contributed by atoms with Gasteiger partial charge in [0.25, 0.3) is 0 Å². The average molecular weight is 297 g/mol. The van der Waals surface area contributed by atoms with Gasteiger partial charge in [0, 0.05) is 6.42 Å². The number of halogens is 1. The molecule has 1 fully saturated rings. The first-order valence-corrected chi connectivity index (χ1v) is 6.88. The fraction of sp³-hybridized carbons (Fsp3) is 0.500. The van der Waals surface area contributed by atoms with Crippen molar-refractivity contribution in [2.75, 3.05) is 0 Å². The quantitative estimate of drug-likeness (QED) is 0.840. The van der Waals surface area contributed by atoms with Gasteiger partial charge in [-0.15, -0.1) is 0 Å². The van der Waals surface area contributed by atoms with Crippen molar-refractivity contribution < 1.29 is 9.53 Å². The van der Waals surface area contributed by atoms with Gasteiger partial charge in [0.1, 0.15) is 17.6 Å². The van der Waals surface area contributed by atoms with Gasteiger partial charge in [-0.3, -0.25) is 4.79 Å². The number of carbonyl (C=O) groups is 1. The van der Waals surface area contributed by atoms with Crippen LogP contribution in [0.3, 0.4) is 0 Å². The van der Waals surface area contributed by atoms with Crippen LogP contribution in [0.1, 0.15) is 33.1 Å². The number of ketones is 1. The summed E-state index contributed by atoms with van der Waals surface area (Å²) in [4.78, 5) is 11.8. The SMILES string of the molecule is CCC1(CC)C(=O)CC1Oc1ccccc1Br. The van der Waals surface area contributed by atoms with E-state index in [1.165, 1.54) is 0 Å². The van der Waals surface area contributed by atoms with Crippen LogP contribution < -0.4 is 4.74 Å². The van der Waals surface area contributed by atoms with Gasteiger partial charge in [-0.1, -0.05) is 26.0 Å². The maximum Gasteiger partial charge on any atom is 0.146 e. The fourth-order valence-corrected chi connectivity index (χ4v) is 2.94. The van der Waals surface area contributed by atoms with Gasteiger partial charge in [-0.25, -0.2) is 0 Å². The number of hydrogen-bond acceptors (Lipinski definition) is 2. The summed E-state index contributed by atoms with van der Waals surface area (Å²) in [6, 6.07) is 7.79. The minimum Gasteiger partial charge on any atom is -0.488 e. The number of ether oxygens (including phenoxy) is 1. The van der Waals surface area contributed by atoms with Crippen LogP contribution in [-0.2, 0) is 4.79 Å². The Morgan fingerprint density at radius 1 is 1.35 bits per heavy atom. The van der Waals surface area contributed by atoms with Gasteiger partial charge in [0.2, 0.25) is 0 Å². The molecule has 0 bridgehead atoms. The summed E-state index contributed by atoms with van der Waals surface area (Å²) in [6.45, 7) is 4.13. The van der Waals surface area contributed by atoms with E-state index in [9.17, 15) is 4.79 Å². The average Bonchev–Trinajstić information content (AvgIpc) is 2.33. The second-order valence-corrected chi connectivity index (χ2v) is 5.38. The van der Waals surface area contributed by atoms with E-state index < -0.39 is 0 Å². The zero-order valence-corrected chi connectivity index (χ0v) is 11.8. The van der Waals surface area contributed by atoms with Crippen molar-refractivity contribution in [3.05, 3.63) is 28.7 Å². The Bertz CT molecular complexity index is 424. The van der Waals surface area contributed by atoms with E-state index in [2.05, 4.69) is 29.8 Å². The second-order valence-electron chi connectivity index (χ2n) is 4.53. The first-order valence-electron chi connectivity index (χ1n) is 6.08. The molecule has 3 heteroatoms. The minimum absolute atomic E-state index is 0.0312. The van der Waals surface area contributed by atoms with Gasteiger partial charge in [0.15, 0.2) is 0 Å². The van der Waals surface area contributed by atoms with Crippen molar-refractivity contribution in [3.8, 4) is 5.75 Å². The molecule has 2 rings (SSSR count). The molecule has 0 aromatic heterocycles. The Labute approximate surface area is 110 Å². The highest BCUT2D eigenvalue weighted by atomic mass is 79.9. The highest BCUT2D eigenvalue weighted by Gasteiger charge is 2.53. The predicted molar refractivity (Wildman–Crippen MR) is 71.2 cm³/mol. The second kappa shape index (κ2) is 4.81. The van der Waals surface area contributed by atoms with Crippen molar-refractivity contribution in [1.29, 1.82) is 0 Å². The fourth-order valence-electron chi connectivity index (χ4n) is 2.56. The number of benzene rings is 1. The van der Waals surface area contributed by atoms with E-state index >= 15 is 0 Å². The van der Waals surface area contributed by atoms with Crippen molar-refractivity contribution in [2.24, 2.45) is 5.41 Å².